The zero-order valence-corrected chi connectivity index (χ0v) is 37.9. The normalized spacial score (nSPS) is 15.1. The highest BCUT2D eigenvalue weighted by molar-refractivity contribution is 6.38. The van der Waals surface area contributed by atoms with Crippen molar-refractivity contribution in [2.75, 3.05) is 39.3 Å². The Hall–Kier alpha value is -7.49. The van der Waals surface area contributed by atoms with E-state index in [1.165, 1.54) is 33.0 Å². The van der Waals surface area contributed by atoms with Gasteiger partial charge in [-0.05, 0) is 104 Å². The van der Waals surface area contributed by atoms with Crippen molar-refractivity contribution in [3.05, 3.63) is 126 Å². The number of carboxylic acid groups (broad SMARTS) is 1. The van der Waals surface area contributed by atoms with Crippen molar-refractivity contribution in [3.8, 4) is 22.6 Å². The highest BCUT2D eigenvalue weighted by Gasteiger charge is 2.42. The Morgan fingerprint density at radius 1 is 0.851 bits per heavy atom. The summed E-state index contributed by atoms with van der Waals surface area (Å²) in [5.74, 6) is -4.68. The first-order chi connectivity index (χ1) is 32.1. The first-order valence-electron chi connectivity index (χ1n) is 21.9. The topological polar surface area (TPSA) is 213 Å². The lowest BCUT2D eigenvalue weighted by Gasteiger charge is -2.36. The number of nitrogens with zero attached hydrogens (tertiary/aromatic N) is 1. The van der Waals surface area contributed by atoms with Gasteiger partial charge in [-0.3, -0.25) is 19.2 Å². The number of hydrogen-bond donors (Lipinski definition) is 3. The maximum Gasteiger partial charge on any atom is 0.407 e. The zero-order valence-electron chi connectivity index (χ0n) is 37.9. The second-order valence-corrected chi connectivity index (χ2v) is 16.9. The number of carboxylic acids is 1. The Morgan fingerprint density at radius 2 is 1.54 bits per heavy atom. The molecule has 3 amide bonds. The second kappa shape index (κ2) is 22.1. The fraction of sp³-hybridized carbons (Fsp3) is 0.353. The number of hydrogen-bond acceptors (Lipinski definition) is 12. The van der Waals surface area contributed by atoms with Gasteiger partial charge in [-0.25, -0.2) is 14.4 Å². The molecule has 0 saturated carbocycles. The molecule has 352 valence electrons. The molecule has 0 bridgehead atoms. The van der Waals surface area contributed by atoms with E-state index in [0.717, 1.165) is 33.9 Å². The van der Waals surface area contributed by atoms with E-state index in [2.05, 4.69) is 17.2 Å². The lowest BCUT2D eigenvalue weighted by atomic mass is 9.87. The summed E-state index contributed by atoms with van der Waals surface area (Å²) in [7, 11) is 3.03. The molecule has 2 aliphatic rings. The van der Waals surface area contributed by atoms with Crippen LogP contribution >= 0.6 is 0 Å². The molecule has 1 heterocycles. The number of carbonyl (C=O) groups excluding carboxylic acids is 6. The number of ether oxygens (including phenoxy) is 5. The van der Waals surface area contributed by atoms with E-state index >= 15 is 0 Å². The van der Waals surface area contributed by atoms with Gasteiger partial charge in [-0.15, -0.1) is 0 Å². The molecular weight excluding hydrogens is 863 g/mol. The number of Topliss-reactive ketones (excluding diaryl/α,β-unsaturated/α-hetero) is 1. The van der Waals surface area contributed by atoms with Crippen LogP contribution < -0.4 is 20.1 Å². The van der Waals surface area contributed by atoms with Crippen molar-refractivity contribution in [3.63, 3.8) is 0 Å². The molecule has 1 aliphatic carbocycles. The first-order valence-corrected chi connectivity index (χ1v) is 21.9. The monoisotopic (exact) mass is 917 g/mol. The van der Waals surface area contributed by atoms with Crippen molar-refractivity contribution < 1.29 is 62.4 Å². The Kier molecular flexibility index (Phi) is 16.2. The third kappa shape index (κ3) is 12.1. The highest BCUT2D eigenvalue weighted by Crippen LogP contribution is 2.44. The Labute approximate surface area is 388 Å². The number of amides is 3. The predicted octanol–water partition coefficient (Wildman–Crippen LogP) is 6.95. The Bertz CT molecular complexity index is 2470. The summed E-state index contributed by atoms with van der Waals surface area (Å²) in [4.78, 5) is 93.3. The van der Waals surface area contributed by atoms with Gasteiger partial charge in [-0.1, -0.05) is 73.3 Å². The first kappa shape index (κ1) is 49.0. The number of likely N-dealkylation sites (tertiary alicyclic amines) is 1. The van der Waals surface area contributed by atoms with Gasteiger partial charge in [0.05, 0.1) is 26.1 Å². The molecule has 0 aromatic heterocycles. The molecule has 6 rings (SSSR count). The van der Waals surface area contributed by atoms with Crippen LogP contribution in [-0.4, -0.2) is 97.7 Å². The molecule has 2 unspecified atom stereocenters. The number of rotatable bonds is 20. The number of piperidine rings is 1. The number of alkyl carbamates (subject to hydrolysis) is 1. The number of anilines is 1. The molecular formula is C51H55N3O13. The van der Waals surface area contributed by atoms with E-state index in [0.29, 0.717) is 36.3 Å². The number of aryl methyl sites for hydroxylation is 1. The summed E-state index contributed by atoms with van der Waals surface area (Å²) in [5, 5.41) is 14.8. The smallest absolute Gasteiger partial charge is 0.407 e. The number of nitrogens with one attached hydrogen (secondary N) is 2. The van der Waals surface area contributed by atoms with E-state index in [4.69, 9.17) is 23.7 Å². The van der Waals surface area contributed by atoms with Gasteiger partial charge in [0.1, 0.15) is 31.4 Å². The minimum Gasteiger partial charge on any atom is -0.493 e. The molecule has 4 aromatic rings. The summed E-state index contributed by atoms with van der Waals surface area (Å²) in [6, 6.07) is 24.7. The fourth-order valence-electron chi connectivity index (χ4n) is 8.27. The number of ketones is 1. The molecule has 1 saturated heterocycles. The minimum absolute atomic E-state index is 0.0545. The average Bonchev–Trinajstić information content (AvgIpc) is 3.66. The molecule has 1 fully saturated rings. The van der Waals surface area contributed by atoms with Gasteiger partial charge in [0.15, 0.2) is 11.5 Å². The van der Waals surface area contributed by atoms with Gasteiger partial charge in [0, 0.05) is 24.2 Å². The third-order valence-corrected chi connectivity index (χ3v) is 11.8. The van der Waals surface area contributed by atoms with E-state index in [1.807, 2.05) is 54.6 Å². The molecule has 0 radical (unpaired) electrons. The van der Waals surface area contributed by atoms with Crippen molar-refractivity contribution in [1.29, 1.82) is 0 Å². The summed E-state index contributed by atoms with van der Waals surface area (Å²) < 4.78 is 27.8. The number of aliphatic carboxylic acids is 1. The summed E-state index contributed by atoms with van der Waals surface area (Å²) in [6.45, 7) is 5.98. The van der Waals surface area contributed by atoms with Crippen LogP contribution in [0.3, 0.4) is 0 Å². The number of fused-ring (bicyclic) bond motifs is 3. The molecule has 3 N–H and O–H groups in total. The van der Waals surface area contributed by atoms with Crippen molar-refractivity contribution in [1.82, 2.24) is 10.2 Å². The lowest BCUT2D eigenvalue weighted by Crippen LogP contribution is -2.53. The van der Waals surface area contributed by atoms with Gasteiger partial charge in [0.25, 0.3) is 5.91 Å². The maximum absolute atomic E-state index is 14.2. The van der Waals surface area contributed by atoms with Crippen LogP contribution in [0.25, 0.3) is 11.1 Å². The molecule has 0 spiro atoms. The number of methoxy groups -OCH3 is 2. The Balaban J connectivity index is 1.19. The van der Waals surface area contributed by atoms with Crippen molar-refractivity contribution in [2.24, 2.45) is 5.41 Å². The van der Waals surface area contributed by atoms with Crippen LogP contribution in [0.2, 0.25) is 0 Å². The Morgan fingerprint density at radius 3 is 2.19 bits per heavy atom. The summed E-state index contributed by atoms with van der Waals surface area (Å²) in [6.07, 6.45) is 0.185. The van der Waals surface area contributed by atoms with E-state index in [9.17, 15) is 38.7 Å². The molecule has 3 atom stereocenters. The number of esters is 2. The molecule has 4 aromatic carbocycles. The van der Waals surface area contributed by atoms with Crippen molar-refractivity contribution in [2.45, 2.75) is 76.5 Å². The number of benzene rings is 4. The standard InChI is InChI=1S/C51H55N3O13/c1-6-45(57)66-30-51(2,3)46(58)48(60)54-25-12-11-20-40(54)49(61)67-41(23-21-31-22-24-42(63-4)43(26-31)64-5)32-14-13-15-33(27-32)52-47(59)39(28-44(55)56)53-50(62)65-29-38-36-18-9-7-16-34(36)35-17-8-10-19-37(35)38/h6-10,13-19,22,24,26-27,38-41H,1,11-12,20-21,23,25,28-30H2,2-5H3,(H,52,59)(H,53,62)(H,55,56)/t39?,40?,41-/m1/s1. The quantitative estimate of drug-likeness (QED) is 0.0355. The van der Waals surface area contributed by atoms with Crippen LogP contribution in [0.1, 0.15) is 80.2 Å². The van der Waals surface area contributed by atoms with Crippen LogP contribution in [0.5, 0.6) is 11.5 Å². The van der Waals surface area contributed by atoms with Crippen LogP contribution in [0, 0.1) is 5.41 Å². The molecule has 16 nitrogen and oxygen atoms in total. The van der Waals surface area contributed by atoms with Crippen molar-refractivity contribution >= 4 is 47.3 Å². The van der Waals surface area contributed by atoms with E-state index in [1.54, 1.807) is 36.4 Å². The van der Waals surface area contributed by atoms with Crippen LogP contribution in [-0.2, 0) is 49.4 Å². The van der Waals surface area contributed by atoms with Gasteiger partial charge >= 0.3 is 24.0 Å². The van der Waals surface area contributed by atoms with E-state index in [-0.39, 0.29) is 44.2 Å². The third-order valence-electron chi connectivity index (χ3n) is 11.8. The minimum atomic E-state index is -1.54. The van der Waals surface area contributed by atoms with Gasteiger partial charge < -0.3 is 44.3 Å². The number of carbonyl (C=O) groups is 7. The predicted molar refractivity (Wildman–Crippen MR) is 245 cm³/mol. The SMILES string of the molecule is C=CC(=O)OCC(C)(C)C(=O)C(=O)N1CCCCC1C(=O)O[C@H](CCc1ccc(OC)c(OC)c1)c1cccc(NC(=O)C(CC(=O)O)NC(=O)OCC2c3ccccc3-c3ccccc32)c1. The fourth-order valence-corrected chi connectivity index (χ4v) is 8.27. The van der Waals surface area contributed by atoms with Crippen LogP contribution in [0.4, 0.5) is 10.5 Å². The average molecular weight is 918 g/mol. The van der Waals surface area contributed by atoms with Gasteiger partial charge in [0.2, 0.25) is 11.7 Å². The van der Waals surface area contributed by atoms with Gasteiger partial charge in [-0.2, -0.15) is 0 Å². The molecule has 1 aliphatic heterocycles. The molecule has 16 heteroatoms. The zero-order chi connectivity index (χ0) is 48.3. The summed E-state index contributed by atoms with van der Waals surface area (Å²) in [5.41, 5.74) is 4.09. The second-order valence-electron chi connectivity index (χ2n) is 16.9. The van der Waals surface area contributed by atoms with E-state index < -0.39 is 71.6 Å². The summed E-state index contributed by atoms with van der Waals surface area (Å²) >= 11 is 0. The largest absolute Gasteiger partial charge is 0.493 e. The maximum atomic E-state index is 14.2. The van der Waals surface area contributed by atoms with Crippen LogP contribution in [0.15, 0.2) is 104 Å². The highest BCUT2D eigenvalue weighted by atomic mass is 16.6. The lowest BCUT2D eigenvalue weighted by molar-refractivity contribution is -0.165. The molecule has 67 heavy (non-hydrogen) atoms.